The third-order valence-corrected chi connectivity index (χ3v) is 2.18. The zero-order chi connectivity index (χ0) is 10.6. The highest BCUT2D eigenvalue weighted by Gasteiger charge is 2.09. The summed E-state index contributed by atoms with van der Waals surface area (Å²) in [4.78, 5) is 22.0. The lowest BCUT2D eigenvalue weighted by atomic mass is 10.2. The number of nitrogens with two attached hydrogens (primary N) is 1. The Morgan fingerprint density at radius 2 is 2.00 bits per heavy atom. The maximum absolute atomic E-state index is 11.4. The van der Waals surface area contributed by atoms with Crippen LogP contribution in [0.2, 0.25) is 0 Å². The van der Waals surface area contributed by atoms with E-state index in [1.54, 1.807) is 30.5 Å². The highest BCUT2D eigenvalue weighted by atomic mass is 32.2. The van der Waals surface area contributed by atoms with Gasteiger partial charge in [-0.3, -0.25) is 4.79 Å². The van der Waals surface area contributed by atoms with Crippen molar-refractivity contribution >= 4 is 28.6 Å². The molecule has 1 rings (SSSR count). The molecule has 0 radical (unpaired) electrons. The van der Waals surface area contributed by atoms with E-state index in [1.807, 2.05) is 0 Å². The van der Waals surface area contributed by atoms with E-state index >= 15 is 0 Å². The zero-order valence-electron chi connectivity index (χ0n) is 7.61. The molecule has 0 saturated heterocycles. The molecule has 1 aromatic carbocycles. The second kappa shape index (κ2) is 4.66. The summed E-state index contributed by atoms with van der Waals surface area (Å²) in [5.74, 6) is 0. The molecule has 0 heterocycles. The Balaban J connectivity index is 3.02. The van der Waals surface area contributed by atoms with Gasteiger partial charge in [-0.2, -0.15) is 0 Å². The Morgan fingerprint density at radius 1 is 1.36 bits per heavy atom. The van der Waals surface area contributed by atoms with E-state index in [2.05, 4.69) is 5.32 Å². The highest BCUT2D eigenvalue weighted by Crippen LogP contribution is 2.19. The molecule has 4 nitrogen and oxygen atoms in total. The fourth-order valence-electron chi connectivity index (χ4n) is 1.01. The summed E-state index contributed by atoms with van der Waals surface area (Å²) in [7, 11) is 0. The molecule has 0 aliphatic rings. The number of carbonyl (C=O) groups excluding carboxylic acids is 2. The first-order valence-electron chi connectivity index (χ1n) is 3.89. The number of rotatable bonds is 2. The lowest BCUT2D eigenvalue weighted by Crippen LogP contribution is -2.20. The monoisotopic (exact) mass is 210 g/mol. The standard InChI is InChI=1S/C9H10N2O2S/c1-14-8(12)6-4-2-3-5-7(6)11-9(10)13/h2-5H,1H3,(H3,10,11,13). The van der Waals surface area contributed by atoms with Crippen LogP contribution in [0.1, 0.15) is 10.4 Å². The van der Waals surface area contributed by atoms with Crippen molar-refractivity contribution < 1.29 is 9.59 Å². The highest BCUT2D eigenvalue weighted by molar-refractivity contribution is 8.13. The van der Waals surface area contributed by atoms with E-state index in [0.717, 1.165) is 11.8 Å². The third-order valence-electron chi connectivity index (χ3n) is 1.59. The van der Waals surface area contributed by atoms with Crippen molar-refractivity contribution in [3.05, 3.63) is 29.8 Å². The zero-order valence-corrected chi connectivity index (χ0v) is 8.43. The number of hydrogen-bond donors (Lipinski definition) is 2. The van der Waals surface area contributed by atoms with Gasteiger partial charge >= 0.3 is 6.03 Å². The minimum absolute atomic E-state index is 0.102. The van der Waals surface area contributed by atoms with Crippen LogP contribution in [0, 0.1) is 0 Å². The quantitative estimate of drug-likeness (QED) is 0.780. The van der Waals surface area contributed by atoms with Crippen molar-refractivity contribution in [2.75, 3.05) is 11.6 Å². The number of anilines is 1. The summed E-state index contributed by atoms with van der Waals surface area (Å²) in [5, 5.41) is 2.29. The Hall–Kier alpha value is -1.49. The molecule has 14 heavy (non-hydrogen) atoms. The minimum atomic E-state index is -0.675. The maximum atomic E-state index is 11.4. The Bertz CT molecular complexity index is 366. The smallest absolute Gasteiger partial charge is 0.316 e. The molecular weight excluding hydrogens is 200 g/mol. The Morgan fingerprint density at radius 3 is 2.57 bits per heavy atom. The lowest BCUT2D eigenvalue weighted by Gasteiger charge is -2.06. The number of amides is 2. The van der Waals surface area contributed by atoms with Gasteiger partial charge in [-0.25, -0.2) is 4.79 Å². The van der Waals surface area contributed by atoms with Gasteiger partial charge in [-0.15, -0.1) is 0 Å². The molecular formula is C9H10N2O2S. The Kier molecular flexibility index (Phi) is 3.53. The van der Waals surface area contributed by atoms with Gasteiger partial charge in [0, 0.05) is 0 Å². The van der Waals surface area contributed by atoms with Gasteiger partial charge in [0.1, 0.15) is 0 Å². The van der Waals surface area contributed by atoms with Crippen LogP contribution in [0.3, 0.4) is 0 Å². The normalized spacial score (nSPS) is 9.50. The molecule has 0 aliphatic heterocycles. The number of nitrogens with one attached hydrogen (secondary N) is 1. The van der Waals surface area contributed by atoms with E-state index in [-0.39, 0.29) is 5.12 Å². The maximum Gasteiger partial charge on any atom is 0.316 e. The van der Waals surface area contributed by atoms with E-state index in [1.165, 1.54) is 0 Å². The average Bonchev–Trinajstić information content (AvgIpc) is 2.16. The predicted molar refractivity (Wildman–Crippen MR) is 57.5 cm³/mol. The van der Waals surface area contributed by atoms with Crippen LogP contribution in [0.15, 0.2) is 24.3 Å². The summed E-state index contributed by atoms with van der Waals surface area (Å²) in [5.41, 5.74) is 5.87. The molecule has 1 aromatic rings. The summed E-state index contributed by atoms with van der Waals surface area (Å²) >= 11 is 1.09. The molecule has 74 valence electrons. The van der Waals surface area contributed by atoms with Gasteiger partial charge in [0.15, 0.2) is 0 Å². The average molecular weight is 210 g/mol. The van der Waals surface area contributed by atoms with Crippen LogP contribution >= 0.6 is 11.8 Å². The van der Waals surface area contributed by atoms with Gasteiger partial charge in [0.2, 0.25) is 5.12 Å². The van der Waals surface area contributed by atoms with E-state index < -0.39 is 6.03 Å². The minimum Gasteiger partial charge on any atom is -0.351 e. The summed E-state index contributed by atoms with van der Waals surface area (Å²) < 4.78 is 0. The van der Waals surface area contributed by atoms with Crippen LogP contribution in [0.4, 0.5) is 10.5 Å². The second-order valence-corrected chi connectivity index (χ2v) is 3.31. The molecule has 0 saturated carbocycles. The number of para-hydroxylation sites is 1. The second-order valence-electron chi connectivity index (χ2n) is 2.53. The number of primary amides is 1. The van der Waals surface area contributed by atoms with Crippen molar-refractivity contribution in [2.24, 2.45) is 5.73 Å². The molecule has 0 fully saturated rings. The van der Waals surface area contributed by atoms with Crippen LogP contribution in [0.25, 0.3) is 0 Å². The van der Waals surface area contributed by atoms with Gasteiger partial charge in [0.05, 0.1) is 11.3 Å². The SMILES string of the molecule is CSC(=O)c1ccccc1NC(N)=O. The van der Waals surface area contributed by atoms with Gasteiger partial charge in [-0.1, -0.05) is 23.9 Å². The summed E-state index contributed by atoms with van der Waals surface area (Å²) in [6.45, 7) is 0. The van der Waals surface area contributed by atoms with E-state index in [4.69, 9.17) is 5.73 Å². The molecule has 3 N–H and O–H groups in total. The summed E-state index contributed by atoms with van der Waals surface area (Å²) in [6.07, 6.45) is 1.68. The molecule has 5 heteroatoms. The van der Waals surface area contributed by atoms with E-state index in [0.29, 0.717) is 11.3 Å². The molecule has 0 aromatic heterocycles. The fourth-order valence-corrected chi connectivity index (χ4v) is 1.41. The van der Waals surface area contributed by atoms with Crippen molar-refractivity contribution in [3.63, 3.8) is 0 Å². The molecule has 0 bridgehead atoms. The van der Waals surface area contributed by atoms with Gasteiger partial charge < -0.3 is 11.1 Å². The van der Waals surface area contributed by atoms with Crippen molar-refractivity contribution in [2.45, 2.75) is 0 Å². The van der Waals surface area contributed by atoms with Gasteiger partial charge in [0.25, 0.3) is 0 Å². The van der Waals surface area contributed by atoms with Crippen LogP contribution < -0.4 is 11.1 Å². The number of benzene rings is 1. The largest absolute Gasteiger partial charge is 0.351 e. The fraction of sp³-hybridized carbons (Fsp3) is 0.111. The first-order chi connectivity index (χ1) is 6.65. The van der Waals surface area contributed by atoms with Gasteiger partial charge in [-0.05, 0) is 18.4 Å². The van der Waals surface area contributed by atoms with Crippen molar-refractivity contribution in [1.82, 2.24) is 0 Å². The Labute approximate surface area is 85.9 Å². The van der Waals surface area contributed by atoms with Crippen LogP contribution in [-0.4, -0.2) is 17.4 Å². The number of hydrogen-bond acceptors (Lipinski definition) is 3. The number of thioether (sulfide) groups is 1. The first kappa shape index (κ1) is 10.6. The van der Waals surface area contributed by atoms with Crippen molar-refractivity contribution in [3.8, 4) is 0 Å². The summed E-state index contributed by atoms with van der Waals surface area (Å²) in [6, 6.07) is 6.06. The molecule has 0 unspecified atom stereocenters. The predicted octanol–water partition coefficient (Wildman–Crippen LogP) is 1.68. The lowest BCUT2D eigenvalue weighted by molar-refractivity contribution is 0.109. The van der Waals surface area contributed by atoms with E-state index in [9.17, 15) is 9.59 Å². The number of urea groups is 1. The first-order valence-corrected chi connectivity index (χ1v) is 5.11. The van der Waals surface area contributed by atoms with Crippen LogP contribution in [0.5, 0.6) is 0 Å². The molecule has 2 amide bonds. The third kappa shape index (κ3) is 2.50. The van der Waals surface area contributed by atoms with Crippen LogP contribution in [-0.2, 0) is 0 Å². The molecule has 0 atom stereocenters. The number of carbonyl (C=O) groups is 2. The topological polar surface area (TPSA) is 72.2 Å². The molecule has 0 spiro atoms. The van der Waals surface area contributed by atoms with Crippen molar-refractivity contribution in [1.29, 1.82) is 0 Å². The molecule has 0 aliphatic carbocycles.